The van der Waals surface area contributed by atoms with Crippen molar-refractivity contribution in [2.45, 2.75) is 25.3 Å². The second kappa shape index (κ2) is 4.73. The van der Waals surface area contributed by atoms with E-state index in [0.717, 1.165) is 22.9 Å². The van der Waals surface area contributed by atoms with Crippen LogP contribution in [-0.2, 0) is 6.54 Å². The van der Waals surface area contributed by atoms with Crippen LogP contribution in [0.5, 0.6) is 0 Å². The van der Waals surface area contributed by atoms with Crippen molar-refractivity contribution >= 4 is 17.1 Å². The van der Waals surface area contributed by atoms with Crippen molar-refractivity contribution in [1.82, 2.24) is 34.2 Å². The molecule has 5 rings (SSSR count). The van der Waals surface area contributed by atoms with Crippen molar-refractivity contribution in [3.05, 3.63) is 48.4 Å². The second-order valence-corrected chi connectivity index (χ2v) is 5.70. The molecule has 0 aliphatic heterocycles. The van der Waals surface area contributed by atoms with Crippen molar-refractivity contribution < 1.29 is 0 Å². The number of fused-ring (bicyclic) bond motifs is 2. The van der Waals surface area contributed by atoms with Gasteiger partial charge in [0.25, 0.3) is 0 Å². The van der Waals surface area contributed by atoms with Crippen LogP contribution in [0.4, 0.5) is 5.82 Å². The first kappa shape index (κ1) is 12.5. The maximum Gasteiger partial charge on any atom is 0.203 e. The lowest BCUT2D eigenvalue weighted by Crippen LogP contribution is -2.07. The van der Waals surface area contributed by atoms with Crippen molar-refractivity contribution in [2.24, 2.45) is 0 Å². The van der Waals surface area contributed by atoms with Gasteiger partial charge in [-0.25, -0.2) is 4.98 Å². The Morgan fingerprint density at radius 3 is 2.91 bits per heavy atom. The molecule has 0 amide bonds. The molecule has 4 aromatic heterocycles. The summed E-state index contributed by atoms with van der Waals surface area (Å²) < 4.78 is 3.97. The number of nitrogens with zero attached hydrogens (tertiary/aromatic N) is 7. The summed E-state index contributed by atoms with van der Waals surface area (Å²) in [6.07, 6.45) is 8.02. The minimum atomic E-state index is 0.517. The normalized spacial score (nSPS) is 14.6. The molecule has 4 heterocycles. The minimum absolute atomic E-state index is 0.517. The molecule has 0 atom stereocenters. The molecule has 4 aromatic rings. The number of anilines is 1. The molecule has 1 fully saturated rings. The molecule has 0 aromatic carbocycles. The van der Waals surface area contributed by atoms with E-state index in [-0.39, 0.29) is 0 Å². The van der Waals surface area contributed by atoms with Crippen LogP contribution in [0, 0.1) is 0 Å². The van der Waals surface area contributed by atoms with Gasteiger partial charge in [0.2, 0.25) is 5.65 Å². The van der Waals surface area contributed by atoms with Crippen molar-refractivity contribution in [3.63, 3.8) is 0 Å². The average molecular weight is 306 g/mol. The summed E-state index contributed by atoms with van der Waals surface area (Å²) in [4.78, 5) is 4.39. The lowest BCUT2D eigenvalue weighted by atomic mass is 10.4. The van der Waals surface area contributed by atoms with Gasteiger partial charge in [-0.05, 0) is 25.0 Å². The Kier molecular flexibility index (Phi) is 2.57. The maximum atomic E-state index is 4.39. The molecule has 23 heavy (non-hydrogen) atoms. The topological polar surface area (TPSA) is 85.3 Å². The number of hydrogen-bond donors (Lipinski definition) is 1. The molecule has 114 valence electrons. The molecule has 0 spiro atoms. The Hall–Kier alpha value is -3.03. The molecule has 0 radical (unpaired) electrons. The minimum Gasteiger partial charge on any atom is -0.360 e. The zero-order valence-corrected chi connectivity index (χ0v) is 12.3. The van der Waals surface area contributed by atoms with Gasteiger partial charge in [0.1, 0.15) is 5.82 Å². The standard InChI is InChI=1S/C15H14N8/c1-2-7-22-11(3-1)18-19-12(22)9-17-13-15-21-20-14(10-4-5-10)23(15)8-6-16-13/h1-3,6-8,10H,4-5,9H2,(H,16,17). The fourth-order valence-corrected chi connectivity index (χ4v) is 2.76. The van der Waals surface area contributed by atoms with E-state index >= 15 is 0 Å². The highest BCUT2D eigenvalue weighted by Crippen LogP contribution is 2.39. The maximum absolute atomic E-state index is 4.39. The fraction of sp³-hybridized carbons (Fsp3) is 0.267. The van der Waals surface area contributed by atoms with Gasteiger partial charge in [-0.2, -0.15) is 0 Å². The van der Waals surface area contributed by atoms with E-state index in [4.69, 9.17) is 0 Å². The van der Waals surface area contributed by atoms with E-state index in [1.165, 1.54) is 12.8 Å². The average Bonchev–Trinajstić information content (AvgIpc) is 3.20. The largest absolute Gasteiger partial charge is 0.360 e. The molecule has 1 aliphatic carbocycles. The Morgan fingerprint density at radius 1 is 1.04 bits per heavy atom. The van der Waals surface area contributed by atoms with E-state index in [1.54, 1.807) is 6.20 Å². The number of hydrogen-bond acceptors (Lipinski definition) is 6. The van der Waals surface area contributed by atoms with E-state index in [0.29, 0.717) is 18.3 Å². The number of pyridine rings is 1. The Balaban J connectivity index is 1.47. The van der Waals surface area contributed by atoms with Gasteiger partial charge in [-0.3, -0.25) is 8.80 Å². The quantitative estimate of drug-likeness (QED) is 0.617. The lowest BCUT2D eigenvalue weighted by molar-refractivity contribution is 0.891. The van der Waals surface area contributed by atoms with Crippen LogP contribution in [0.25, 0.3) is 11.3 Å². The molecule has 1 saturated carbocycles. The van der Waals surface area contributed by atoms with E-state index in [2.05, 4.69) is 30.7 Å². The van der Waals surface area contributed by atoms with Crippen LogP contribution in [0.15, 0.2) is 36.8 Å². The number of nitrogens with one attached hydrogen (secondary N) is 1. The van der Waals surface area contributed by atoms with Crippen LogP contribution in [-0.4, -0.2) is 34.2 Å². The van der Waals surface area contributed by atoms with Crippen LogP contribution < -0.4 is 5.32 Å². The predicted molar refractivity (Wildman–Crippen MR) is 83.1 cm³/mol. The van der Waals surface area contributed by atoms with E-state index < -0.39 is 0 Å². The fourth-order valence-electron chi connectivity index (χ4n) is 2.76. The molecule has 1 N–H and O–H groups in total. The summed E-state index contributed by atoms with van der Waals surface area (Å²) in [5.74, 6) is 3.10. The third kappa shape index (κ3) is 2.02. The lowest BCUT2D eigenvalue weighted by Gasteiger charge is -2.05. The number of aromatic nitrogens is 7. The zero-order chi connectivity index (χ0) is 15.2. The smallest absolute Gasteiger partial charge is 0.203 e. The first-order chi connectivity index (χ1) is 11.4. The summed E-state index contributed by atoms with van der Waals surface area (Å²) in [6.45, 7) is 0.517. The second-order valence-electron chi connectivity index (χ2n) is 5.70. The molecule has 0 unspecified atom stereocenters. The first-order valence-electron chi connectivity index (χ1n) is 7.62. The molecule has 8 nitrogen and oxygen atoms in total. The van der Waals surface area contributed by atoms with Crippen molar-refractivity contribution in [3.8, 4) is 0 Å². The van der Waals surface area contributed by atoms with Gasteiger partial charge < -0.3 is 5.32 Å². The highest BCUT2D eigenvalue weighted by atomic mass is 15.3. The molecule has 0 saturated heterocycles. The Morgan fingerprint density at radius 2 is 2.00 bits per heavy atom. The van der Waals surface area contributed by atoms with Crippen LogP contribution >= 0.6 is 0 Å². The highest BCUT2D eigenvalue weighted by molar-refractivity contribution is 5.62. The number of rotatable bonds is 4. The van der Waals surface area contributed by atoms with E-state index in [9.17, 15) is 0 Å². The van der Waals surface area contributed by atoms with Gasteiger partial charge in [-0.15, -0.1) is 20.4 Å². The summed E-state index contributed by atoms with van der Waals surface area (Å²) >= 11 is 0. The van der Waals surface area contributed by atoms with Gasteiger partial charge in [0, 0.05) is 24.5 Å². The molecular weight excluding hydrogens is 292 g/mol. The zero-order valence-electron chi connectivity index (χ0n) is 12.3. The molecule has 0 bridgehead atoms. The predicted octanol–water partition coefficient (Wildman–Crippen LogP) is 1.66. The summed E-state index contributed by atoms with van der Waals surface area (Å²) in [7, 11) is 0. The molecule has 8 heteroatoms. The SMILES string of the molecule is c1ccn2c(CNc3nccn4c(C5CC5)nnc34)nnc2c1. The molecule has 1 aliphatic rings. The Bertz CT molecular complexity index is 997. The van der Waals surface area contributed by atoms with Gasteiger partial charge in [-0.1, -0.05) is 6.07 Å². The molecular formula is C15H14N8. The first-order valence-corrected chi connectivity index (χ1v) is 7.62. The van der Waals surface area contributed by atoms with E-state index in [1.807, 2.05) is 39.4 Å². The monoisotopic (exact) mass is 306 g/mol. The summed E-state index contributed by atoms with van der Waals surface area (Å²) in [5, 5.41) is 20.3. The van der Waals surface area contributed by atoms with Crippen LogP contribution in [0.2, 0.25) is 0 Å². The Labute approximate surface area is 131 Å². The van der Waals surface area contributed by atoms with Crippen molar-refractivity contribution in [2.75, 3.05) is 5.32 Å². The van der Waals surface area contributed by atoms with Crippen LogP contribution in [0.3, 0.4) is 0 Å². The van der Waals surface area contributed by atoms with Gasteiger partial charge in [0.05, 0.1) is 6.54 Å². The summed E-state index contributed by atoms with van der Waals surface area (Å²) in [6, 6.07) is 5.83. The van der Waals surface area contributed by atoms with Crippen LogP contribution in [0.1, 0.15) is 30.4 Å². The summed E-state index contributed by atoms with van der Waals surface area (Å²) in [5.41, 5.74) is 1.58. The van der Waals surface area contributed by atoms with Crippen molar-refractivity contribution in [1.29, 1.82) is 0 Å². The third-order valence-corrected chi connectivity index (χ3v) is 4.09. The van der Waals surface area contributed by atoms with Gasteiger partial charge in [0.15, 0.2) is 17.3 Å². The highest BCUT2D eigenvalue weighted by Gasteiger charge is 2.29. The van der Waals surface area contributed by atoms with Gasteiger partial charge >= 0.3 is 0 Å². The third-order valence-electron chi connectivity index (χ3n) is 4.09.